The molecule has 21 heavy (non-hydrogen) atoms. The molecule has 1 aromatic heterocycles. The molecule has 0 aromatic carbocycles. The zero-order valence-corrected chi connectivity index (χ0v) is 13.8. The Morgan fingerprint density at radius 2 is 1.90 bits per heavy atom. The van der Waals surface area contributed by atoms with E-state index in [1.807, 2.05) is 6.92 Å². The van der Waals surface area contributed by atoms with Crippen molar-refractivity contribution in [3.63, 3.8) is 0 Å². The first kappa shape index (κ1) is 14.8. The molecule has 0 saturated carbocycles. The minimum absolute atomic E-state index is 0.507. The van der Waals surface area contributed by atoms with Gasteiger partial charge in [-0.3, -0.25) is 4.90 Å². The summed E-state index contributed by atoms with van der Waals surface area (Å²) in [5, 5.41) is 3.75. The largest absolute Gasteiger partial charge is 0.365 e. The van der Waals surface area contributed by atoms with Crippen molar-refractivity contribution < 1.29 is 0 Å². The monoisotopic (exact) mass is 288 g/mol. The number of hydrogen-bond acceptors (Lipinski definition) is 4. The van der Waals surface area contributed by atoms with Crippen LogP contribution in [0.5, 0.6) is 0 Å². The van der Waals surface area contributed by atoms with Crippen molar-refractivity contribution in [2.45, 2.75) is 65.5 Å². The number of likely N-dealkylation sites (tertiary alicyclic amines) is 1. The van der Waals surface area contributed by atoms with Gasteiger partial charge in [-0.05, 0) is 52.4 Å². The van der Waals surface area contributed by atoms with Gasteiger partial charge in [0.1, 0.15) is 11.6 Å². The van der Waals surface area contributed by atoms with Crippen LogP contribution in [-0.4, -0.2) is 40.0 Å². The van der Waals surface area contributed by atoms with E-state index in [-0.39, 0.29) is 0 Å². The first-order valence-electron chi connectivity index (χ1n) is 8.41. The first-order chi connectivity index (χ1) is 10.0. The summed E-state index contributed by atoms with van der Waals surface area (Å²) in [5.41, 5.74) is 2.66. The number of fused-ring (bicyclic) bond motifs is 1. The highest BCUT2D eigenvalue weighted by atomic mass is 15.2. The minimum Gasteiger partial charge on any atom is -0.365 e. The average molecular weight is 288 g/mol. The molecule has 2 unspecified atom stereocenters. The number of nitrogens with zero attached hydrogens (tertiary/aromatic N) is 3. The molecule has 0 amide bonds. The summed E-state index contributed by atoms with van der Waals surface area (Å²) < 4.78 is 0. The average Bonchev–Trinajstić information content (AvgIpc) is 2.80. The van der Waals surface area contributed by atoms with Crippen LogP contribution in [0.2, 0.25) is 0 Å². The van der Waals surface area contributed by atoms with Crippen LogP contribution in [0, 0.1) is 12.8 Å². The number of aryl methyl sites for hydroxylation is 2. The second kappa shape index (κ2) is 5.91. The zero-order chi connectivity index (χ0) is 15.0. The van der Waals surface area contributed by atoms with Crippen molar-refractivity contribution in [1.82, 2.24) is 14.9 Å². The number of rotatable bonds is 3. The Morgan fingerprint density at radius 1 is 1.14 bits per heavy atom. The quantitative estimate of drug-likeness (QED) is 0.928. The van der Waals surface area contributed by atoms with E-state index in [1.54, 1.807) is 0 Å². The van der Waals surface area contributed by atoms with Gasteiger partial charge in [0.2, 0.25) is 0 Å². The Hall–Kier alpha value is -1.16. The lowest BCUT2D eigenvalue weighted by Crippen LogP contribution is -2.32. The van der Waals surface area contributed by atoms with Crippen LogP contribution in [0.15, 0.2) is 0 Å². The second-order valence-corrected chi connectivity index (χ2v) is 7.03. The number of hydrogen-bond donors (Lipinski definition) is 1. The summed E-state index contributed by atoms with van der Waals surface area (Å²) in [7, 11) is 0. The minimum atomic E-state index is 0.507. The Morgan fingerprint density at radius 3 is 2.62 bits per heavy atom. The van der Waals surface area contributed by atoms with Gasteiger partial charge >= 0.3 is 0 Å². The van der Waals surface area contributed by atoms with E-state index in [1.165, 1.54) is 30.6 Å². The highest BCUT2D eigenvalue weighted by Crippen LogP contribution is 2.28. The number of nitrogens with one attached hydrogen (secondary N) is 1. The van der Waals surface area contributed by atoms with Gasteiger partial charge < -0.3 is 5.32 Å². The van der Waals surface area contributed by atoms with Crippen molar-refractivity contribution in [3.8, 4) is 0 Å². The van der Waals surface area contributed by atoms with Gasteiger partial charge in [-0.2, -0.15) is 0 Å². The van der Waals surface area contributed by atoms with E-state index in [9.17, 15) is 0 Å². The van der Waals surface area contributed by atoms with Gasteiger partial charge in [-0.25, -0.2) is 9.97 Å². The lowest BCUT2D eigenvalue weighted by molar-refractivity contribution is 0.267. The Kier molecular flexibility index (Phi) is 4.16. The molecule has 2 atom stereocenters. The number of aromatic nitrogens is 2. The van der Waals surface area contributed by atoms with Crippen LogP contribution >= 0.6 is 0 Å². The van der Waals surface area contributed by atoms with Crippen LogP contribution in [-0.2, 0) is 12.8 Å². The molecule has 2 aliphatic rings. The molecule has 1 aromatic rings. The SMILES string of the molecule is Cc1nc2c(c(NC3CN(C(C)C)CC3C)n1)CCCC2. The van der Waals surface area contributed by atoms with E-state index in [4.69, 9.17) is 4.98 Å². The van der Waals surface area contributed by atoms with Gasteiger partial charge in [0.05, 0.1) is 0 Å². The molecule has 1 saturated heterocycles. The Labute approximate surface area is 128 Å². The van der Waals surface area contributed by atoms with Crippen LogP contribution in [0.1, 0.15) is 50.7 Å². The maximum atomic E-state index is 4.71. The fraction of sp³-hybridized carbons (Fsp3) is 0.765. The molecule has 1 fully saturated rings. The van der Waals surface area contributed by atoms with Gasteiger partial charge in [0.15, 0.2) is 0 Å². The van der Waals surface area contributed by atoms with Gasteiger partial charge in [0.25, 0.3) is 0 Å². The molecular weight excluding hydrogens is 260 g/mol. The third kappa shape index (κ3) is 3.05. The van der Waals surface area contributed by atoms with Crippen molar-refractivity contribution in [1.29, 1.82) is 0 Å². The van der Waals surface area contributed by atoms with E-state index in [2.05, 4.69) is 36.0 Å². The lowest BCUT2D eigenvalue weighted by atomic mass is 9.96. The molecular formula is C17H28N4. The molecule has 0 spiro atoms. The van der Waals surface area contributed by atoms with Crippen LogP contribution in [0.3, 0.4) is 0 Å². The van der Waals surface area contributed by atoms with E-state index >= 15 is 0 Å². The molecule has 116 valence electrons. The first-order valence-corrected chi connectivity index (χ1v) is 8.41. The standard InChI is InChI=1S/C17H28N4/c1-11(2)21-9-12(3)16(10-21)20-17-14-7-5-6-8-15(14)18-13(4)19-17/h11-12,16H,5-10H2,1-4H3,(H,18,19,20). The van der Waals surface area contributed by atoms with Crippen LogP contribution in [0.4, 0.5) is 5.82 Å². The Balaban J connectivity index is 1.80. The normalized spacial score (nSPS) is 26.1. The number of anilines is 1. The van der Waals surface area contributed by atoms with Crippen LogP contribution in [0.25, 0.3) is 0 Å². The predicted molar refractivity (Wildman–Crippen MR) is 86.7 cm³/mol. The molecule has 2 heterocycles. The molecule has 4 heteroatoms. The predicted octanol–water partition coefficient (Wildman–Crippen LogP) is 2.80. The van der Waals surface area contributed by atoms with Crippen molar-refractivity contribution in [2.75, 3.05) is 18.4 Å². The molecule has 4 nitrogen and oxygen atoms in total. The van der Waals surface area contributed by atoms with E-state index in [0.717, 1.165) is 31.0 Å². The fourth-order valence-electron chi connectivity index (χ4n) is 3.63. The zero-order valence-electron chi connectivity index (χ0n) is 13.8. The Bertz CT molecular complexity index is 512. The topological polar surface area (TPSA) is 41.1 Å². The van der Waals surface area contributed by atoms with Crippen LogP contribution < -0.4 is 5.32 Å². The van der Waals surface area contributed by atoms with Crippen molar-refractivity contribution >= 4 is 5.82 Å². The lowest BCUT2D eigenvalue weighted by Gasteiger charge is -2.24. The van der Waals surface area contributed by atoms with E-state index < -0.39 is 0 Å². The summed E-state index contributed by atoms with van der Waals surface area (Å²) >= 11 is 0. The molecule has 1 N–H and O–H groups in total. The van der Waals surface area contributed by atoms with E-state index in [0.29, 0.717) is 18.0 Å². The fourth-order valence-corrected chi connectivity index (χ4v) is 3.63. The third-order valence-electron chi connectivity index (χ3n) is 4.99. The summed E-state index contributed by atoms with van der Waals surface area (Å²) in [6.45, 7) is 11.2. The highest BCUT2D eigenvalue weighted by molar-refractivity contribution is 5.49. The van der Waals surface area contributed by atoms with Gasteiger partial charge in [-0.15, -0.1) is 0 Å². The van der Waals surface area contributed by atoms with Crippen molar-refractivity contribution in [2.24, 2.45) is 5.92 Å². The van der Waals surface area contributed by atoms with Gasteiger partial charge in [-0.1, -0.05) is 6.92 Å². The molecule has 1 aliphatic heterocycles. The van der Waals surface area contributed by atoms with Gasteiger partial charge in [0, 0.05) is 36.4 Å². The molecule has 0 bridgehead atoms. The summed E-state index contributed by atoms with van der Waals surface area (Å²) in [4.78, 5) is 11.9. The maximum absolute atomic E-state index is 4.71. The highest BCUT2D eigenvalue weighted by Gasteiger charge is 2.31. The summed E-state index contributed by atoms with van der Waals surface area (Å²) in [6.07, 6.45) is 4.79. The van der Waals surface area contributed by atoms with Crippen molar-refractivity contribution in [3.05, 3.63) is 17.1 Å². The maximum Gasteiger partial charge on any atom is 0.133 e. The smallest absolute Gasteiger partial charge is 0.133 e. The molecule has 3 rings (SSSR count). The molecule has 0 radical (unpaired) electrons. The summed E-state index contributed by atoms with van der Waals surface area (Å²) in [6, 6.07) is 1.13. The third-order valence-corrected chi connectivity index (χ3v) is 4.99. The second-order valence-electron chi connectivity index (χ2n) is 7.03. The molecule has 1 aliphatic carbocycles. The summed E-state index contributed by atoms with van der Waals surface area (Å²) in [5.74, 6) is 2.69.